The third kappa shape index (κ3) is 7.71. The van der Waals surface area contributed by atoms with Crippen molar-refractivity contribution in [3.05, 3.63) is 48.0 Å². The van der Waals surface area contributed by atoms with Crippen LogP contribution in [0, 0.1) is 11.8 Å². The van der Waals surface area contributed by atoms with Gasteiger partial charge in [-0.2, -0.15) is 0 Å². The van der Waals surface area contributed by atoms with Crippen molar-refractivity contribution >= 4 is 40.3 Å². The van der Waals surface area contributed by atoms with Crippen LogP contribution in [0.3, 0.4) is 0 Å². The number of nitrogens with two attached hydrogens (primary N) is 1. The third-order valence-electron chi connectivity index (χ3n) is 5.24. The van der Waals surface area contributed by atoms with Gasteiger partial charge in [0.25, 0.3) is 0 Å². The van der Waals surface area contributed by atoms with Gasteiger partial charge in [0.15, 0.2) is 12.4 Å². The Hall–Kier alpha value is -3.75. The second kappa shape index (κ2) is 11.8. The Labute approximate surface area is 191 Å². The van der Waals surface area contributed by atoms with Gasteiger partial charge in [0.1, 0.15) is 6.04 Å². The summed E-state index contributed by atoms with van der Waals surface area (Å²) in [5.41, 5.74) is 5.91. The number of ether oxygens (including phenoxy) is 1. The lowest BCUT2D eigenvalue weighted by Gasteiger charge is -2.22. The highest BCUT2D eigenvalue weighted by Crippen LogP contribution is 2.19. The van der Waals surface area contributed by atoms with Crippen molar-refractivity contribution < 1.29 is 33.8 Å². The lowest BCUT2D eigenvalue weighted by atomic mass is 9.90. The maximum atomic E-state index is 12.6. The van der Waals surface area contributed by atoms with Crippen molar-refractivity contribution in [2.75, 3.05) is 6.61 Å². The molecular formula is C24H28N2O7. The Kier molecular flexibility index (Phi) is 9.08. The molecule has 2 aromatic carbocycles. The minimum atomic E-state index is -1.41. The summed E-state index contributed by atoms with van der Waals surface area (Å²) < 4.78 is 5.07. The molecule has 2 aromatic rings. The van der Waals surface area contributed by atoms with E-state index in [1.165, 1.54) is 0 Å². The van der Waals surface area contributed by atoms with E-state index in [2.05, 4.69) is 5.32 Å². The zero-order chi connectivity index (χ0) is 24.5. The van der Waals surface area contributed by atoms with Crippen molar-refractivity contribution in [2.45, 2.75) is 39.2 Å². The van der Waals surface area contributed by atoms with Gasteiger partial charge in [-0.1, -0.05) is 56.3 Å². The summed E-state index contributed by atoms with van der Waals surface area (Å²) in [7, 11) is 0. The molecule has 0 aromatic heterocycles. The van der Waals surface area contributed by atoms with Gasteiger partial charge in [-0.05, 0) is 22.3 Å². The summed E-state index contributed by atoms with van der Waals surface area (Å²) in [5, 5.41) is 13.3. The molecule has 0 saturated heterocycles. The molecule has 0 aliphatic carbocycles. The van der Waals surface area contributed by atoms with E-state index >= 15 is 0 Å². The largest absolute Gasteiger partial charge is 0.481 e. The predicted molar refractivity (Wildman–Crippen MR) is 120 cm³/mol. The highest BCUT2D eigenvalue weighted by atomic mass is 16.5. The number of fused-ring (bicyclic) bond motifs is 1. The Balaban J connectivity index is 2.02. The van der Waals surface area contributed by atoms with Crippen LogP contribution in [0.4, 0.5) is 0 Å². The molecule has 9 nitrogen and oxygen atoms in total. The molecule has 33 heavy (non-hydrogen) atoms. The van der Waals surface area contributed by atoms with Gasteiger partial charge >= 0.3 is 11.9 Å². The first-order valence-corrected chi connectivity index (χ1v) is 10.5. The Morgan fingerprint density at radius 1 is 1.00 bits per heavy atom. The second-order valence-electron chi connectivity index (χ2n) is 8.12. The Bertz CT molecular complexity index is 1040. The minimum Gasteiger partial charge on any atom is -0.481 e. The number of rotatable bonds is 12. The Morgan fingerprint density at radius 3 is 2.30 bits per heavy atom. The molecule has 0 aliphatic heterocycles. The monoisotopic (exact) mass is 456 g/mol. The first-order chi connectivity index (χ1) is 15.6. The highest BCUT2D eigenvalue weighted by Gasteiger charge is 2.30. The molecule has 2 unspecified atom stereocenters. The number of ketones is 1. The van der Waals surface area contributed by atoms with Gasteiger partial charge in [-0.25, -0.2) is 0 Å². The topological polar surface area (TPSA) is 153 Å². The molecular weight excluding hydrogens is 428 g/mol. The standard InChI is InChI=1S/C24H28N2O7/c1-14(2)18(11-21(25)28)24(32)26-19(12-22(29)30)20(27)13-33-23(31)10-16-8-5-7-15-6-3-4-9-17(15)16/h3-9,14,18-19H,10-13H2,1-2H3,(H2,25,28)(H,26,32)(H,29,30). The van der Waals surface area contributed by atoms with Crippen molar-refractivity contribution in [1.82, 2.24) is 5.32 Å². The summed E-state index contributed by atoms with van der Waals surface area (Å²) >= 11 is 0. The molecule has 2 amide bonds. The number of hydrogen-bond acceptors (Lipinski definition) is 6. The van der Waals surface area contributed by atoms with Gasteiger partial charge in [-0.15, -0.1) is 0 Å². The maximum absolute atomic E-state index is 12.6. The molecule has 0 saturated carbocycles. The number of hydrogen-bond donors (Lipinski definition) is 3. The van der Waals surface area contributed by atoms with E-state index in [1.54, 1.807) is 19.9 Å². The zero-order valence-corrected chi connectivity index (χ0v) is 18.6. The van der Waals surface area contributed by atoms with E-state index in [4.69, 9.17) is 15.6 Å². The zero-order valence-electron chi connectivity index (χ0n) is 18.6. The summed E-state index contributed by atoms with van der Waals surface area (Å²) in [6.07, 6.45) is -0.997. The summed E-state index contributed by atoms with van der Waals surface area (Å²) in [6.45, 7) is 2.72. The number of aliphatic carboxylic acids is 1. The van der Waals surface area contributed by atoms with Crippen LogP contribution in [-0.2, 0) is 35.1 Å². The molecule has 0 fully saturated rings. The van der Waals surface area contributed by atoms with Gasteiger partial charge in [-0.3, -0.25) is 24.0 Å². The number of esters is 1. The van der Waals surface area contributed by atoms with E-state index in [0.717, 1.165) is 16.3 Å². The average molecular weight is 456 g/mol. The fraction of sp³-hybridized carbons (Fsp3) is 0.375. The van der Waals surface area contributed by atoms with Crippen LogP contribution < -0.4 is 11.1 Å². The number of Topliss-reactive ketones (excluding diaryl/α,β-unsaturated/α-hetero) is 1. The molecule has 0 heterocycles. The molecule has 4 N–H and O–H groups in total. The van der Waals surface area contributed by atoms with E-state index < -0.39 is 54.5 Å². The lowest BCUT2D eigenvalue weighted by molar-refractivity contribution is -0.149. The van der Waals surface area contributed by atoms with Crippen LogP contribution in [0.25, 0.3) is 10.8 Å². The van der Waals surface area contributed by atoms with E-state index in [0.29, 0.717) is 0 Å². The SMILES string of the molecule is CC(C)C(CC(N)=O)C(=O)NC(CC(=O)O)C(=O)COC(=O)Cc1cccc2ccccc12. The van der Waals surface area contributed by atoms with Crippen LogP contribution >= 0.6 is 0 Å². The fourth-order valence-corrected chi connectivity index (χ4v) is 3.45. The summed E-state index contributed by atoms with van der Waals surface area (Å²) in [5.74, 6) is -5.17. The molecule has 0 bridgehead atoms. The number of primary amides is 1. The van der Waals surface area contributed by atoms with Gasteiger partial charge < -0.3 is 20.9 Å². The van der Waals surface area contributed by atoms with E-state index in [-0.39, 0.29) is 18.8 Å². The predicted octanol–water partition coefficient (Wildman–Crippen LogP) is 1.60. The lowest BCUT2D eigenvalue weighted by Crippen LogP contribution is -2.47. The fourth-order valence-electron chi connectivity index (χ4n) is 3.45. The smallest absolute Gasteiger partial charge is 0.310 e. The minimum absolute atomic E-state index is 0.0708. The third-order valence-corrected chi connectivity index (χ3v) is 5.24. The van der Waals surface area contributed by atoms with E-state index in [1.807, 2.05) is 36.4 Å². The highest BCUT2D eigenvalue weighted by molar-refractivity contribution is 5.95. The van der Waals surface area contributed by atoms with Crippen molar-refractivity contribution in [1.29, 1.82) is 0 Å². The number of carboxylic acids is 1. The van der Waals surface area contributed by atoms with Gasteiger partial charge in [0.2, 0.25) is 11.8 Å². The number of carbonyl (C=O) groups is 5. The molecule has 9 heteroatoms. The molecule has 0 spiro atoms. The summed E-state index contributed by atoms with van der Waals surface area (Å²) in [4.78, 5) is 59.9. The summed E-state index contributed by atoms with van der Waals surface area (Å²) in [6, 6.07) is 11.6. The number of carboxylic acid groups (broad SMARTS) is 1. The average Bonchev–Trinajstić information content (AvgIpc) is 2.75. The second-order valence-corrected chi connectivity index (χ2v) is 8.12. The van der Waals surface area contributed by atoms with Crippen molar-refractivity contribution in [3.63, 3.8) is 0 Å². The number of carbonyl (C=O) groups excluding carboxylic acids is 4. The first-order valence-electron chi connectivity index (χ1n) is 10.5. The number of nitrogens with one attached hydrogen (secondary N) is 1. The van der Waals surface area contributed by atoms with E-state index in [9.17, 15) is 24.0 Å². The number of amides is 2. The molecule has 2 atom stereocenters. The normalized spacial score (nSPS) is 12.7. The molecule has 0 radical (unpaired) electrons. The van der Waals surface area contributed by atoms with Crippen LogP contribution in [-0.4, -0.2) is 47.3 Å². The van der Waals surface area contributed by atoms with Crippen LogP contribution in [0.15, 0.2) is 42.5 Å². The van der Waals surface area contributed by atoms with Crippen LogP contribution in [0.5, 0.6) is 0 Å². The van der Waals surface area contributed by atoms with Crippen molar-refractivity contribution in [2.24, 2.45) is 17.6 Å². The quantitative estimate of drug-likeness (QED) is 0.410. The number of benzene rings is 2. The van der Waals surface area contributed by atoms with Crippen molar-refractivity contribution in [3.8, 4) is 0 Å². The Morgan fingerprint density at radius 2 is 1.67 bits per heavy atom. The van der Waals surface area contributed by atoms with Gasteiger partial charge in [0, 0.05) is 12.3 Å². The van der Waals surface area contributed by atoms with Crippen LogP contribution in [0.2, 0.25) is 0 Å². The maximum Gasteiger partial charge on any atom is 0.310 e. The molecule has 176 valence electrons. The van der Waals surface area contributed by atoms with Gasteiger partial charge in [0.05, 0.1) is 12.8 Å². The molecule has 2 rings (SSSR count). The van der Waals surface area contributed by atoms with Crippen LogP contribution in [0.1, 0.15) is 32.3 Å². The molecule has 0 aliphatic rings. The first kappa shape index (κ1) is 25.5.